The monoisotopic (exact) mass is 390 g/mol. The third-order valence-corrected chi connectivity index (χ3v) is 4.19. The van der Waals surface area contributed by atoms with Crippen LogP contribution in [-0.2, 0) is 11.4 Å². The molecule has 0 aliphatic heterocycles. The standard InChI is InChI=1S/C23H22N2O4/c1-16(23(27)25-19-9-7-18(8-10-19)22(24)26)29-21-13-11-20(12-14-21)28-15-17-5-3-2-4-6-17/h2-14,16H,15H2,1H3,(H2,24,26)(H,25,27). The summed E-state index contributed by atoms with van der Waals surface area (Å²) in [5.74, 6) is 0.452. The lowest BCUT2D eigenvalue weighted by Gasteiger charge is -2.15. The largest absolute Gasteiger partial charge is 0.489 e. The normalized spacial score (nSPS) is 11.3. The molecule has 3 N–H and O–H groups in total. The molecule has 0 spiro atoms. The average molecular weight is 390 g/mol. The van der Waals surface area contributed by atoms with E-state index in [1.54, 1.807) is 55.5 Å². The lowest BCUT2D eigenvalue weighted by molar-refractivity contribution is -0.122. The summed E-state index contributed by atoms with van der Waals surface area (Å²) in [6.45, 7) is 2.14. The van der Waals surface area contributed by atoms with Crippen molar-refractivity contribution in [2.24, 2.45) is 5.73 Å². The van der Waals surface area contributed by atoms with Crippen LogP contribution < -0.4 is 20.5 Å². The molecule has 148 valence electrons. The highest BCUT2D eigenvalue weighted by molar-refractivity contribution is 5.96. The van der Waals surface area contributed by atoms with E-state index < -0.39 is 12.0 Å². The number of nitrogens with one attached hydrogen (secondary N) is 1. The summed E-state index contributed by atoms with van der Waals surface area (Å²) in [6.07, 6.45) is -0.707. The molecular formula is C23H22N2O4. The molecule has 0 aliphatic rings. The topological polar surface area (TPSA) is 90.7 Å². The number of primary amides is 1. The third-order valence-electron chi connectivity index (χ3n) is 4.19. The Bertz CT molecular complexity index is 954. The minimum Gasteiger partial charge on any atom is -0.489 e. The van der Waals surface area contributed by atoms with Crippen molar-refractivity contribution in [2.45, 2.75) is 19.6 Å². The van der Waals surface area contributed by atoms with E-state index >= 15 is 0 Å². The first kappa shape index (κ1) is 19.9. The number of nitrogens with two attached hydrogens (primary N) is 1. The molecule has 3 aromatic carbocycles. The molecule has 1 atom stereocenters. The first-order valence-electron chi connectivity index (χ1n) is 9.15. The van der Waals surface area contributed by atoms with Crippen LogP contribution in [0, 0.1) is 0 Å². The van der Waals surface area contributed by atoms with Crippen LogP contribution in [0.2, 0.25) is 0 Å². The molecule has 0 aromatic heterocycles. The van der Waals surface area contributed by atoms with Crippen LogP contribution in [0.3, 0.4) is 0 Å². The van der Waals surface area contributed by atoms with Gasteiger partial charge in [0.05, 0.1) is 0 Å². The third kappa shape index (κ3) is 5.84. The van der Waals surface area contributed by atoms with Crippen molar-refractivity contribution < 1.29 is 19.1 Å². The van der Waals surface area contributed by atoms with E-state index in [-0.39, 0.29) is 5.91 Å². The fraction of sp³-hybridized carbons (Fsp3) is 0.130. The van der Waals surface area contributed by atoms with Gasteiger partial charge in [-0.25, -0.2) is 0 Å². The highest BCUT2D eigenvalue weighted by atomic mass is 16.5. The molecule has 3 aromatic rings. The molecule has 0 fully saturated rings. The molecule has 29 heavy (non-hydrogen) atoms. The summed E-state index contributed by atoms with van der Waals surface area (Å²) < 4.78 is 11.4. The van der Waals surface area contributed by atoms with Crippen molar-refractivity contribution >= 4 is 17.5 Å². The molecule has 0 aliphatic carbocycles. The van der Waals surface area contributed by atoms with Crippen LogP contribution in [0.4, 0.5) is 5.69 Å². The molecule has 1 unspecified atom stereocenters. The fourth-order valence-electron chi connectivity index (χ4n) is 2.57. The number of carbonyl (C=O) groups is 2. The number of anilines is 1. The second kappa shape index (κ2) is 9.41. The van der Waals surface area contributed by atoms with Crippen LogP contribution in [0.1, 0.15) is 22.8 Å². The van der Waals surface area contributed by atoms with Crippen molar-refractivity contribution in [3.8, 4) is 11.5 Å². The predicted molar refractivity (Wildman–Crippen MR) is 111 cm³/mol. The maximum atomic E-state index is 12.3. The molecule has 6 nitrogen and oxygen atoms in total. The van der Waals surface area contributed by atoms with Crippen LogP contribution in [0.5, 0.6) is 11.5 Å². The minimum absolute atomic E-state index is 0.304. The molecular weight excluding hydrogens is 368 g/mol. The number of rotatable bonds is 8. The number of ether oxygens (including phenoxy) is 2. The van der Waals surface area contributed by atoms with E-state index in [4.69, 9.17) is 15.2 Å². The summed E-state index contributed by atoms with van der Waals surface area (Å²) in [5.41, 5.74) is 7.22. The molecule has 0 saturated carbocycles. The molecule has 0 bridgehead atoms. The average Bonchev–Trinajstić information content (AvgIpc) is 2.74. The van der Waals surface area contributed by atoms with Gasteiger partial charge in [-0.2, -0.15) is 0 Å². The number of benzene rings is 3. The first-order valence-corrected chi connectivity index (χ1v) is 9.15. The second-order valence-corrected chi connectivity index (χ2v) is 6.44. The number of hydrogen-bond acceptors (Lipinski definition) is 4. The predicted octanol–water partition coefficient (Wildman–Crippen LogP) is 3.77. The SMILES string of the molecule is CC(Oc1ccc(OCc2ccccc2)cc1)C(=O)Nc1ccc(C(N)=O)cc1. The van der Waals surface area contributed by atoms with Gasteiger partial charge in [-0.15, -0.1) is 0 Å². The van der Waals surface area contributed by atoms with Gasteiger partial charge >= 0.3 is 0 Å². The van der Waals surface area contributed by atoms with Crippen LogP contribution in [0.15, 0.2) is 78.9 Å². The Morgan fingerprint density at radius 2 is 1.52 bits per heavy atom. The van der Waals surface area contributed by atoms with Gasteiger partial charge in [0.15, 0.2) is 6.10 Å². The van der Waals surface area contributed by atoms with E-state index in [9.17, 15) is 9.59 Å². The zero-order valence-electron chi connectivity index (χ0n) is 16.0. The van der Waals surface area contributed by atoms with Crippen molar-refractivity contribution in [2.75, 3.05) is 5.32 Å². The van der Waals surface area contributed by atoms with Crippen molar-refractivity contribution in [3.05, 3.63) is 90.0 Å². The lowest BCUT2D eigenvalue weighted by atomic mass is 10.2. The van der Waals surface area contributed by atoms with Gasteiger partial charge in [0.2, 0.25) is 5.91 Å². The first-order chi connectivity index (χ1) is 14.0. The van der Waals surface area contributed by atoms with E-state index in [1.165, 1.54) is 0 Å². The second-order valence-electron chi connectivity index (χ2n) is 6.44. The Morgan fingerprint density at radius 3 is 2.14 bits per heavy atom. The van der Waals surface area contributed by atoms with Crippen LogP contribution in [-0.4, -0.2) is 17.9 Å². The van der Waals surface area contributed by atoms with Crippen molar-refractivity contribution in [3.63, 3.8) is 0 Å². The van der Waals surface area contributed by atoms with Crippen molar-refractivity contribution in [1.29, 1.82) is 0 Å². The maximum Gasteiger partial charge on any atom is 0.265 e. The summed E-state index contributed by atoms with van der Waals surface area (Å²) in [5, 5.41) is 2.74. The molecule has 0 saturated heterocycles. The molecule has 0 heterocycles. The Kier molecular flexibility index (Phi) is 6.47. The fourth-order valence-corrected chi connectivity index (χ4v) is 2.57. The highest BCUT2D eigenvalue weighted by Gasteiger charge is 2.15. The van der Waals surface area contributed by atoms with Gasteiger partial charge in [-0.1, -0.05) is 30.3 Å². The summed E-state index contributed by atoms with van der Waals surface area (Å²) in [4.78, 5) is 23.4. The zero-order chi connectivity index (χ0) is 20.6. The minimum atomic E-state index is -0.707. The van der Waals surface area contributed by atoms with E-state index in [1.807, 2.05) is 30.3 Å². The number of carbonyl (C=O) groups excluding carboxylic acids is 2. The lowest BCUT2D eigenvalue weighted by Crippen LogP contribution is -2.30. The molecule has 0 radical (unpaired) electrons. The Balaban J connectivity index is 1.50. The molecule has 2 amide bonds. The van der Waals surface area contributed by atoms with Gasteiger partial charge in [-0.05, 0) is 61.0 Å². The van der Waals surface area contributed by atoms with E-state index in [0.29, 0.717) is 29.4 Å². The summed E-state index contributed by atoms with van der Waals surface area (Å²) in [6, 6.07) is 23.3. The summed E-state index contributed by atoms with van der Waals surface area (Å²) in [7, 11) is 0. The molecule has 6 heteroatoms. The molecule has 3 rings (SSSR count). The van der Waals surface area contributed by atoms with Crippen LogP contribution >= 0.6 is 0 Å². The van der Waals surface area contributed by atoms with Crippen molar-refractivity contribution in [1.82, 2.24) is 0 Å². The van der Waals surface area contributed by atoms with Gasteiger partial charge < -0.3 is 20.5 Å². The van der Waals surface area contributed by atoms with Gasteiger partial charge in [0, 0.05) is 11.3 Å². The van der Waals surface area contributed by atoms with Gasteiger partial charge in [0.25, 0.3) is 5.91 Å². The van der Waals surface area contributed by atoms with Gasteiger partial charge in [0.1, 0.15) is 18.1 Å². The smallest absolute Gasteiger partial charge is 0.265 e. The number of hydrogen-bond donors (Lipinski definition) is 2. The quantitative estimate of drug-likeness (QED) is 0.613. The Labute approximate surface area is 169 Å². The van der Waals surface area contributed by atoms with Gasteiger partial charge in [-0.3, -0.25) is 9.59 Å². The zero-order valence-corrected chi connectivity index (χ0v) is 16.0. The Morgan fingerprint density at radius 1 is 0.897 bits per heavy atom. The van der Waals surface area contributed by atoms with E-state index in [0.717, 1.165) is 5.56 Å². The highest BCUT2D eigenvalue weighted by Crippen LogP contribution is 2.20. The van der Waals surface area contributed by atoms with E-state index in [2.05, 4.69) is 5.32 Å². The van der Waals surface area contributed by atoms with Crippen LogP contribution in [0.25, 0.3) is 0 Å². The maximum absolute atomic E-state index is 12.3. The summed E-state index contributed by atoms with van der Waals surface area (Å²) >= 11 is 0. The number of amides is 2. The Hall–Kier alpha value is -3.80.